The van der Waals surface area contributed by atoms with Gasteiger partial charge < -0.3 is 10.6 Å². The maximum absolute atomic E-state index is 12.8. The van der Waals surface area contributed by atoms with E-state index in [2.05, 4.69) is 54.5 Å². The highest BCUT2D eigenvalue weighted by molar-refractivity contribution is 5.96. The van der Waals surface area contributed by atoms with E-state index in [9.17, 15) is 4.79 Å². The molecule has 1 fully saturated rings. The van der Waals surface area contributed by atoms with Crippen molar-refractivity contribution in [1.82, 2.24) is 10.2 Å². The Morgan fingerprint density at radius 2 is 2.04 bits per heavy atom. The summed E-state index contributed by atoms with van der Waals surface area (Å²) in [7, 11) is 2.00. The minimum atomic E-state index is -0.106. The lowest BCUT2D eigenvalue weighted by atomic mass is 9.98. The highest BCUT2D eigenvalue weighted by Crippen LogP contribution is 2.27. The van der Waals surface area contributed by atoms with Gasteiger partial charge in [0.25, 0.3) is 0 Å². The summed E-state index contributed by atoms with van der Waals surface area (Å²) in [4.78, 5) is 15.0. The summed E-state index contributed by atoms with van der Waals surface area (Å²) in [6.07, 6.45) is 2.33. The van der Waals surface area contributed by atoms with Gasteiger partial charge in [-0.15, -0.1) is 0 Å². The minimum Gasteiger partial charge on any atom is -0.324 e. The number of nitrogens with one attached hydrogen (secondary N) is 2. The van der Waals surface area contributed by atoms with Crippen LogP contribution in [0.5, 0.6) is 0 Å². The van der Waals surface area contributed by atoms with Crippen LogP contribution in [0.25, 0.3) is 0 Å². The Bertz CT molecular complexity index is 541. The maximum Gasteiger partial charge on any atom is 0.241 e. The van der Waals surface area contributed by atoms with Gasteiger partial charge >= 0.3 is 0 Å². The predicted molar refractivity (Wildman–Crippen MR) is 97.0 cm³/mol. The molecular weight excluding hydrogens is 286 g/mol. The van der Waals surface area contributed by atoms with E-state index in [1.165, 1.54) is 12.0 Å². The van der Waals surface area contributed by atoms with Crippen molar-refractivity contribution in [3.63, 3.8) is 0 Å². The molecule has 1 heterocycles. The third kappa shape index (κ3) is 4.33. The first-order chi connectivity index (χ1) is 10.9. The van der Waals surface area contributed by atoms with Crippen molar-refractivity contribution in [2.45, 2.75) is 58.5 Å². The Kier molecular flexibility index (Phi) is 6.19. The number of piperidine rings is 1. The second-order valence-electron chi connectivity index (χ2n) is 6.98. The van der Waals surface area contributed by atoms with Crippen LogP contribution in [0.4, 0.5) is 5.69 Å². The zero-order valence-electron chi connectivity index (χ0n) is 15.1. The summed E-state index contributed by atoms with van der Waals surface area (Å²) in [5.41, 5.74) is 3.32. The molecule has 1 aliphatic rings. The van der Waals surface area contributed by atoms with Gasteiger partial charge in [0.15, 0.2) is 0 Å². The first-order valence-electron chi connectivity index (χ1n) is 8.75. The highest BCUT2D eigenvalue weighted by Gasteiger charge is 2.27. The van der Waals surface area contributed by atoms with E-state index in [-0.39, 0.29) is 11.9 Å². The molecule has 1 saturated heterocycles. The molecule has 0 radical (unpaired) electrons. The number of likely N-dealkylation sites (tertiary alicyclic amines) is 1. The lowest BCUT2D eigenvalue weighted by molar-refractivity contribution is -0.121. The molecule has 4 nitrogen and oxygen atoms in total. The molecule has 23 heavy (non-hydrogen) atoms. The SMILES string of the molecule is CNC1CCCN(C(C)C(=O)Nc2c(C)cccc2C(C)C)C1. The average Bonchev–Trinajstić information content (AvgIpc) is 2.55. The van der Waals surface area contributed by atoms with E-state index >= 15 is 0 Å². The number of rotatable bonds is 5. The van der Waals surface area contributed by atoms with E-state index in [0.29, 0.717) is 12.0 Å². The molecule has 0 aromatic heterocycles. The van der Waals surface area contributed by atoms with Gasteiger partial charge in [-0.1, -0.05) is 32.0 Å². The predicted octanol–water partition coefficient (Wildman–Crippen LogP) is 3.13. The van der Waals surface area contributed by atoms with Gasteiger partial charge in [-0.2, -0.15) is 0 Å². The molecule has 0 saturated carbocycles. The van der Waals surface area contributed by atoms with Crippen molar-refractivity contribution in [3.8, 4) is 0 Å². The molecular formula is C19H31N3O. The smallest absolute Gasteiger partial charge is 0.241 e. The number of benzene rings is 1. The summed E-state index contributed by atoms with van der Waals surface area (Å²) in [6.45, 7) is 10.3. The Hall–Kier alpha value is -1.39. The quantitative estimate of drug-likeness (QED) is 0.877. The van der Waals surface area contributed by atoms with Crippen LogP contribution in [0.15, 0.2) is 18.2 Å². The largest absolute Gasteiger partial charge is 0.324 e. The van der Waals surface area contributed by atoms with Gasteiger partial charge in [0.2, 0.25) is 5.91 Å². The molecule has 1 aliphatic heterocycles. The van der Waals surface area contributed by atoms with Crippen molar-refractivity contribution in [1.29, 1.82) is 0 Å². The third-order valence-electron chi connectivity index (χ3n) is 4.96. The van der Waals surface area contributed by atoms with Gasteiger partial charge in [0.1, 0.15) is 0 Å². The van der Waals surface area contributed by atoms with Gasteiger partial charge in [-0.05, 0) is 57.3 Å². The number of aryl methyl sites for hydroxylation is 1. The van der Waals surface area contributed by atoms with Crippen molar-refractivity contribution in [2.24, 2.45) is 0 Å². The number of hydrogen-bond donors (Lipinski definition) is 2. The zero-order chi connectivity index (χ0) is 17.0. The van der Waals surface area contributed by atoms with Crippen molar-refractivity contribution in [3.05, 3.63) is 29.3 Å². The van der Waals surface area contributed by atoms with Crippen molar-refractivity contribution in [2.75, 3.05) is 25.5 Å². The van der Waals surface area contributed by atoms with Crippen LogP contribution in [0, 0.1) is 6.92 Å². The van der Waals surface area contributed by atoms with Crippen LogP contribution < -0.4 is 10.6 Å². The first kappa shape index (κ1) is 18.0. The van der Waals surface area contributed by atoms with E-state index in [1.54, 1.807) is 0 Å². The van der Waals surface area contributed by atoms with Gasteiger partial charge in [-0.3, -0.25) is 9.69 Å². The molecule has 1 amide bonds. The molecule has 0 bridgehead atoms. The van der Waals surface area contributed by atoms with Crippen molar-refractivity contribution < 1.29 is 4.79 Å². The summed E-state index contributed by atoms with van der Waals surface area (Å²) in [6, 6.07) is 6.61. The van der Waals surface area contributed by atoms with Crippen LogP contribution in [-0.2, 0) is 4.79 Å². The number of nitrogens with zero attached hydrogens (tertiary/aromatic N) is 1. The first-order valence-corrected chi connectivity index (χ1v) is 8.75. The van der Waals surface area contributed by atoms with E-state index in [0.717, 1.165) is 30.8 Å². The van der Waals surface area contributed by atoms with Gasteiger partial charge in [0.05, 0.1) is 6.04 Å². The molecule has 2 atom stereocenters. The Morgan fingerprint density at radius 3 is 2.70 bits per heavy atom. The molecule has 2 unspecified atom stereocenters. The number of amides is 1. The number of likely N-dealkylation sites (N-methyl/N-ethyl adjacent to an activating group) is 1. The van der Waals surface area contributed by atoms with Crippen LogP contribution >= 0.6 is 0 Å². The lowest BCUT2D eigenvalue weighted by Crippen LogP contribution is -2.51. The Labute approximate surface area is 140 Å². The maximum atomic E-state index is 12.8. The standard InChI is InChI=1S/C19H31N3O/c1-13(2)17-10-6-8-14(3)18(17)21-19(23)15(4)22-11-7-9-16(12-22)20-5/h6,8,10,13,15-16,20H,7,9,11-12H2,1-5H3,(H,21,23). The number of para-hydroxylation sites is 1. The van der Waals surface area contributed by atoms with E-state index in [1.807, 2.05) is 14.0 Å². The third-order valence-corrected chi connectivity index (χ3v) is 4.96. The number of carbonyl (C=O) groups is 1. The molecule has 4 heteroatoms. The molecule has 0 aliphatic carbocycles. The topological polar surface area (TPSA) is 44.4 Å². The molecule has 1 aromatic rings. The second kappa shape index (κ2) is 7.93. The minimum absolute atomic E-state index is 0.0953. The van der Waals surface area contributed by atoms with Crippen LogP contribution in [0.2, 0.25) is 0 Å². The fraction of sp³-hybridized carbons (Fsp3) is 0.632. The zero-order valence-corrected chi connectivity index (χ0v) is 15.1. The number of anilines is 1. The summed E-state index contributed by atoms with van der Waals surface area (Å²) in [5, 5.41) is 6.53. The van der Waals surface area contributed by atoms with Gasteiger partial charge in [0, 0.05) is 18.3 Å². The Balaban J connectivity index is 2.10. The fourth-order valence-electron chi connectivity index (χ4n) is 3.33. The van der Waals surface area contributed by atoms with Crippen molar-refractivity contribution >= 4 is 11.6 Å². The molecule has 128 valence electrons. The van der Waals surface area contributed by atoms with Crippen LogP contribution in [-0.4, -0.2) is 43.0 Å². The summed E-state index contributed by atoms with van der Waals surface area (Å²) in [5.74, 6) is 0.488. The molecule has 1 aromatic carbocycles. The summed E-state index contributed by atoms with van der Waals surface area (Å²) >= 11 is 0. The number of hydrogen-bond acceptors (Lipinski definition) is 3. The highest BCUT2D eigenvalue weighted by atomic mass is 16.2. The average molecular weight is 317 g/mol. The fourth-order valence-corrected chi connectivity index (χ4v) is 3.33. The number of carbonyl (C=O) groups excluding carboxylic acids is 1. The second-order valence-corrected chi connectivity index (χ2v) is 6.98. The molecule has 2 N–H and O–H groups in total. The van der Waals surface area contributed by atoms with E-state index < -0.39 is 0 Å². The molecule has 2 rings (SSSR count). The van der Waals surface area contributed by atoms with E-state index in [4.69, 9.17) is 0 Å². The van der Waals surface area contributed by atoms with Gasteiger partial charge in [-0.25, -0.2) is 0 Å². The normalized spacial score (nSPS) is 20.5. The van der Waals surface area contributed by atoms with Crippen LogP contribution in [0.1, 0.15) is 50.7 Å². The lowest BCUT2D eigenvalue weighted by Gasteiger charge is -2.36. The molecule has 0 spiro atoms. The van der Waals surface area contributed by atoms with Crippen LogP contribution in [0.3, 0.4) is 0 Å². The summed E-state index contributed by atoms with van der Waals surface area (Å²) < 4.78 is 0. The Morgan fingerprint density at radius 1 is 1.30 bits per heavy atom. The monoisotopic (exact) mass is 317 g/mol.